The molecule has 2 N–H and O–H groups in total. The number of benzene rings is 1. The molecule has 162 valence electrons. The first kappa shape index (κ1) is 20.4. The summed E-state index contributed by atoms with van der Waals surface area (Å²) in [6.07, 6.45) is 10.7. The summed E-state index contributed by atoms with van der Waals surface area (Å²) in [5.74, 6) is 0.350. The number of H-pyrrole nitrogens is 1. The standard InChI is InChI=1S/C26H25FN4O/c1-32-25-7-4-19(27)14-22(25)21-10-13-29-26-23(21)15-24(31-26)18-2-5-20(6-3-18)30-16-17-8-11-28-12-9-17/h2,4,7-15,20,30H,3,5-6,16H2,1H3,(H,29,31). The summed E-state index contributed by atoms with van der Waals surface area (Å²) in [7, 11) is 1.60. The normalized spacial score (nSPS) is 16.2. The number of hydrogen-bond acceptors (Lipinski definition) is 4. The van der Waals surface area contributed by atoms with Gasteiger partial charge in [-0.3, -0.25) is 4.98 Å². The van der Waals surface area contributed by atoms with Crippen LogP contribution in [0.3, 0.4) is 0 Å². The van der Waals surface area contributed by atoms with E-state index in [2.05, 4.69) is 32.4 Å². The molecule has 6 heteroatoms. The molecule has 5 nitrogen and oxygen atoms in total. The van der Waals surface area contributed by atoms with Gasteiger partial charge in [-0.25, -0.2) is 9.37 Å². The van der Waals surface area contributed by atoms with Crippen molar-refractivity contribution in [2.75, 3.05) is 7.11 Å². The third-order valence-electron chi connectivity index (χ3n) is 6.08. The molecule has 5 rings (SSSR count). The smallest absolute Gasteiger partial charge is 0.138 e. The highest BCUT2D eigenvalue weighted by Crippen LogP contribution is 2.37. The molecular weight excluding hydrogens is 403 g/mol. The van der Waals surface area contributed by atoms with Crippen molar-refractivity contribution < 1.29 is 9.13 Å². The topological polar surface area (TPSA) is 62.8 Å². The lowest BCUT2D eigenvalue weighted by Gasteiger charge is -2.22. The van der Waals surface area contributed by atoms with Crippen LogP contribution >= 0.6 is 0 Å². The number of aromatic nitrogens is 3. The van der Waals surface area contributed by atoms with Crippen LogP contribution in [0.15, 0.2) is 67.1 Å². The Bertz CT molecular complexity index is 1270. The third-order valence-corrected chi connectivity index (χ3v) is 6.08. The van der Waals surface area contributed by atoms with E-state index in [1.807, 2.05) is 30.6 Å². The minimum Gasteiger partial charge on any atom is -0.496 e. The van der Waals surface area contributed by atoms with Gasteiger partial charge in [-0.1, -0.05) is 6.08 Å². The Hall–Kier alpha value is -3.51. The average molecular weight is 429 g/mol. The molecule has 0 fully saturated rings. The second-order valence-corrected chi connectivity index (χ2v) is 8.09. The van der Waals surface area contributed by atoms with E-state index in [0.29, 0.717) is 11.8 Å². The van der Waals surface area contributed by atoms with Crippen LogP contribution in [0.1, 0.15) is 30.5 Å². The fourth-order valence-electron chi connectivity index (χ4n) is 4.35. The van der Waals surface area contributed by atoms with Crippen LogP contribution in [0, 0.1) is 5.82 Å². The summed E-state index contributed by atoms with van der Waals surface area (Å²) in [6.45, 7) is 0.853. The SMILES string of the molecule is COc1ccc(F)cc1-c1ccnc2[nH]c(C3=CCC(NCc4ccncc4)CC3)cc12. The average Bonchev–Trinajstić information content (AvgIpc) is 3.28. The van der Waals surface area contributed by atoms with Crippen LogP contribution in [0.4, 0.5) is 4.39 Å². The van der Waals surface area contributed by atoms with Gasteiger partial charge in [-0.2, -0.15) is 0 Å². The van der Waals surface area contributed by atoms with Crippen molar-refractivity contribution >= 4 is 16.6 Å². The zero-order valence-electron chi connectivity index (χ0n) is 17.9. The summed E-state index contributed by atoms with van der Waals surface area (Å²) in [4.78, 5) is 12.0. The summed E-state index contributed by atoms with van der Waals surface area (Å²) in [5, 5.41) is 4.60. The number of ether oxygens (including phenoxy) is 1. The Balaban J connectivity index is 1.38. The Labute approximate surface area is 186 Å². The van der Waals surface area contributed by atoms with Crippen molar-refractivity contribution in [1.29, 1.82) is 0 Å². The van der Waals surface area contributed by atoms with Crippen LogP contribution in [-0.2, 0) is 6.54 Å². The van der Waals surface area contributed by atoms with E-state index < -0.39 is 0 Å². The molecular formula is C26H25FN4O. The fraction of sp³-hybridized carbons (Fsp3) is 0.231. The Morgan fingerprint density at radius 3 is 2.75 bits per heavy atom. The van der Waals surface area contributed by atoms with Gasteiger partial charge in [-0.05, 0) is 78.4 Å². The zero-order chi connectivity index (χ0) is 21.9. The van der Waals surface area contributed by atoms with E-state index in [4.69, 9.17) is 4.74 Å². The number of hydrogen-bond donors (Lipinski definition) is 2. The van der Waals surface area contributed by atoms with Gasteiger partial charge in [0.15, 0.2) is 0 Å². The molecule has 1 aliphatic rings. The second kappa shape index (κ2) is 8.93. The minimum absolute atomic E-state index is 0.290. The summed E-state index contributed by atoms with van der Waals surface area (Å²) < 4.78 is 19.5. The lowest BCUT2D eigenvalue weighted by atomic mass is 9.93. The van der Waals surface area contributed by atoms with Gasteiger partial charge in [0.05, 0.1) is 7.11 Å². The van der Waals surface area contributed by atoms with Crippen LogP contribution in [-0.4, -0.2) is 28.1 Å². The van der Waals surface area contributed by atoms with Gasteiger partial charge < -0.3 is 15.0 Å². The molecule has 1 aromatic carbocycles. The number of aromatic amines is 1. The first-order chi connectivity index (χ1) is 15.7. The number of fused-ring (bicyclic) bond motifs is 1. The molecule has 0 amide bonds. The van der Waals surface area contributed by atoms with E-state index in [1.165, 1.54) is 23.3 Å². The lowest BCUT2D eigenvalue weighted by Crippen LogP contribution is -2.29. The Morgan fingerprint density at radius 2 is 1.97 bits per heavy atom. The van der Waals surface area contributed by atoms with Crippen molar-refractivity contribution in [2.45, 2.75) is 31.8 Å². The molecule has 32 heavy (non-hydrogen) atoms. The monoisotopic (exact) mass is 428 g/mol. The van der Waals surface area contributed by atoms with E-state index in [0.717, 1.165) is 53.7 Å². The highest BCUT2D eigenvalue weighted by atomic mass is 19.1. The van der Waals surface area contributed by atoms with E-state index >= 15 is 0 Å². The number of halogens is 1. The molecule has 3 aromatic heterocycles. The predicted octanol–water partition coefficient (Wildman–Crippen LogP) is 5.50. The number of methoxy groups -OCH3 is 1. The van der Waals surface area contributed by atoms with Gasteiger partial charge in [0.1, 0.15) is 17.2 Å². The number of nitrogens with one attached hydrogen (secondary N) is 2. The van der Waals surface area contributed by atoms with Gasteiger partial charge in [-0.15, -0.1) is 0 Å². The molecule has 1 unspecified atom stereocenters. The molecule has 0 saturated heterocycles. The Kier molecular flexibility index (Phi) is 5.69. The Morgan fingerprint density at radius 1 is 1.09 bits per heavy atom. The van der Waals surface area contributed by atoms with Gasteiger partial charge >= 0.3 is 0 Å². The molecule has 0 aliphatic heterocycles. The maximum atomic E-state index is 14.0. The van der Waals surface area contributed by atoms with E-state index in [-0.39, 0.29) is 5.82 Å². The van der Waals surface area contributed by atoms with Crippen molar-refractivity contribution in [3.63, 3.8) is 0 Å². The van der Waals surface area contributed by atoms with Gasteiger partial charge in [0.2, 0.25) is 0 Å². The molecule has 0 saturated carbocycles. The summed E-state index contributed by atoms with van der Waals surface area (Å²) in [5.41, 5.74) is 6.04. The molecule has 3 heterocycles. The van der Waals surface area contributed by atoms with Crippen molar-refractivity contribution in [3.05, 3.63) is 84.2 Å². The predicted molar refractivity (Wildman–Crippen MR) is 125 cm³/mol. The molecule has 0 radical (unpaired) electrons. The zero-order valence-corrected chi connectivity index (χ0v) is 17.9. The molecule has 1 aliphatic carbocycles. The fourth-order valence-corrected chi connectivity index (χ4v) is 4.35. The number of allylic oxidation sites excluding steroid dienone is 1. The first-order valence-corrected chi connectivity index (χ1v) is 10.8. The third kappa shape index (κ3) is 4.14. The van der Waals surface area contributed by atoms with E-state index in [9.17, 15) is 4.39 Å². The molecule has 0 spiro atoms. The largest absolute Gasteiger partial charge is 0.496 e. The quantitative estimate of drug-likeness (QED) is 0.426. The number of rotatable bonds is 6. The highest BCUT2D eigenvalue weighted by molar-refractivity contribution is 5.96. The van der Waals surface area contributed by atoms with Crippen LogP contribution in [0.5, 0.6) is 5.75 Å². The van der Waals surface area contributed by atoms with Crippen molar-refractivity contribution in [2.24, 2.45) is 0 Å². The minimum atomic E-state index is -0.290. The molecule has 1 atom stereocenters. The van der Waals surface area contributed by atoms with Gasteiger partial charge in [0, 0.05) is 47.8 Å². The molecule has 4 aromatic rings. The summed E-state index contributed by atoms with van der Waals surface area (Å²) in [6, 6.07) is 13.2. The maximum absolute atomic E-state index is 14.0. The van der Waals surface area contributed by atoms with E-state index in [1.54, 1.807) is 19.4 Å². The van der Waals surface area contributed by atoms with Crippen LogP contribution in [0.2, 0.25) is 0 Å². The maximum Gasteiger partial charge on any atom is 0.138 e. The highest BCUT2D eigenvalue weighted by Gasteiger charge is 2.18. The van der Waals surface area contributed by atoms with Crippen LogP contribution in [0.25, 0.3) is 27.7 Å². The van der Waals surface area contributed by atoms with Crippen LogP contribution < -0.4 is 10.1 Å². The first-order valence-electron chi connectivity index (χ1n) is 10.8. The van der Waals surface area contributed by atoms with Gasteiger partial charge in [0.25, 0.3) is 0 Å². The number of nitrogens with zero attached hydrogens (tertiary/aromatic N) is 2. The lowest BCUT2D eigenvalue weighted by molar-refractivity contribution is 0.415. The summed E-state index contributed by atoms with van der Waals surface area (Å²) >= 11 is 0. The number of pyridine rings is 2. The van der Waals surface area contributed by atoms with Crippen molar-refractivity contribution in [1.82, 2.24) is 20.3 Å². The van der Waals surface area contributed by atoms with Crippen molar-refractivity contribution in [3.8, 4) is 16.9 Å². The molecule has 0 bridgehead atoms. The second-order valence-electron chi connectivity index (χ2n) is 8.09.